The molecule has 152 valence electrons. The summed E-state index contributed by atoms with van der Waals surface area (Å²) in [6.07, 6.45) is 0. The van der Waals surface area contributed by atoms with Crippen LogP contribution in [0.25, 0.3) is 0 Å². The molecule has 3 rings (SSSR count). The second-order valence-corrected chi connectivity index (χ2v) is 7.18. The van der Waals surface area contributed by atoms with Gasteiger partial charge in [-0.15, -0.1) is 0 Å². The molecule has 2 N–H and O–H groups in total. The molecule has 0 fully saturated rings. The normalized spacial score (nSPS) is 10.5. The zero-order valence-corrected chi connectivity index (χ0v) is 18.2. The lowest BCUT2D eigenvalue weighted by molar-refractivity contribution is 0.405. The van der Waals surface area contributed by atoms with Gasteiger partial charge in [0.05, 0.1) is 43.5 Å². The Morgan fingerprint density at radius 2 is 1.79 bits per heavy atom. The molecule has 0 saturated carbocycles. The summed E-state index contributed by atoms with van der Waals surface area (Å²) in [6.45, 7) is 6.83. The Balaban J connectivity index is 1.78. The summed E-state index contributed by atoms with van der Waals surface area (Å²) < 4.78 is 12.7. The zero-order valence-electron chi connectivity index (χ0n) is 17.4. The summed E-state index contributed by atoms with van der Waals surface area (Å²) >= 11 is 5.53. The minimum Gasteiger partial charge on any atom is -0.497 e. The van der Waals surface area contributed by atoms with Gasteiger partial charge < -0.3 is 20.1 Å². The molecule has 0 aliphatic rings. The van der Waals surface area contributed by atoms with E-state index in [2.05, 4.69) is 34.8 Å². The highest BCUT2D eigenvalue weighted by Gasteiger charge is 2.15. The molecule has 0 unspecified atom stereocenters. The molecule has 3 aromatic rings. The number of benzene rings is 2. The van der Waals surface area contributed by atoms with Crippen LogP contribution >= 0.6 is 12.2 Å². The van der Waals surface area contributed by atoms with Crippen LogP contribution in [0.5, 0.6) is 11.5 Å². The molecule has 2 aromatic carbocycles. The van der Waals surface area contributed by atoms with Crippen LogP contribution in [0.4, 0.5) is 11.4 Å². The lowest BCUT2D eigenvalue weighted by Gasteiger charge is -2.15. The van der Waals surface area contributed by atoms with E-state index in [0.717, 1.165) is 28.5 Å². The summed E-state index contributed by atoms with van der Waals surface area (Å²) in [5.74, 6) is 1.40. The molecule has 1 aromatic heterocycles. The SMILES string of the molecule is COc1ccc(OC)c(NC(=S)Nc2c(C)nn(Cc3ccccc3C)c2C)c1. The number of nitrogens with one attached hydrogen (secondary N) is 2. The Morgan fingerprint density at radius 1 is 1.03 bits per heavy atom. The Bertz CT molecular complexity index is 1030. The van der Waals surface area contributed by atoms with E-state index in [1.54, 1.807) is 14.2 Å². The topological polar surface area (TPSA) is 60.3 Å². The fourth-order valence-corrected chi connectivity index (χ4v) is 3.37. The van der Waals surface area contributed by atoms with Gasteiger partial charge in [-0.1, -0.05) is 24.3 Å². The van der Waals surface area contributed by atoms with Crippen molar-refractivity contribution in [1.29, 1.82) is 0 Å². The van der Waals surface area contributed by atoms with Gasteiger partial charge >= 0.3 is 0 Å². The minimum absolute atomic E-state index is 0.457. The van der Waals surface area contributed by atoms with E-state index >= 15 is 0 Å². The number of hydrogen-bond donors (Lipinski definition) is 2. The van der Waals surface area contributed by atoms with Gasteiger partial charge in [0, 0.05) is 6.07 Å². The summed E-state index contributed by atoms with van der Waals surface area (Å²) in [5, 5.41) is 11.6. The van der Waals surface area contributed by atoms with Crippen LogP contribution in [0, 0.1) is 20.8 Å². The van der Waals surface area contributed by atoms with Crippen molar-refractivity contribution in [3.63, 3.8) is 0 Å². The molecule has 7 heteroatoms. The van der Waals surface area contributed by atoms with Gasteiger partial charge in [0.1, 0.15) is 11.5 Å². The van der Waals surface area contributed by atoms with Crippen molar-refractivity contribution in [2.75, 3.05) is 24.9 Å². The smallest absolute Gasteiger partial charge is 0.175 e. The van der Waals surface area contributed by atoms with Crippen molar-refractivity contribution in [3.05, 3.63) is 65.0 Å². The molecule has 0 aliphatic carbocycles. The van der Waals surface area contributed by atoms with Gasteiger partial charge in [-0.2, -0.15) is 5.10 Å². The van der Waals surface area contributed by atoms with Crippen LogP contribution in [0.3, 0.4) is 0 Å². The van der Waals surface area contributed by atoms with E-state index in [1.807, 2.05) is 48.9 Å². The molecule has 0 saturated heterocycles. The number of aromatic nitrogens is 2. The highest BCUT2D eigenvalue weighted by atomic mass is 32.1. The van der Waals surface area contributed by atoms with Crippen LogP contribution in [0.15, 0.2) is 42.5 Å². The highest BCUT2D eigenvalue weighted by molar-refractivity contribution is 7.80. The number of hydrogen-bond acceptors (Lipinski definition) is 4. The number of rotatable bonds is 6. The average molecular weight is 411 g/mol. The van der Waals surface area contributed by atoms with Crippen LogP contribution in [-0.4, -0.2) is 29.1 Å². The summed E-state index contributed by atoms with van der Waals surface area (Å²) in [5.41, 5.74) is 6.03. The van der Waals surface area contributed by atoms with Crippen molar-refractivity contribution in [3.8, 4) is 11.5 Å². The van der Waals surface area contributed by atoms with Crippen molar-refractivity contribution < 1.29 is 9.47 Å². The molecule has 6 nitrogen and oxygen atoms in total. The standard InChI is InChI=1S/C22H26N4O2S/c1-14-8-6-7-9-17(14)13-26-16(3)21(15(2)25-26)24-22(29)23-19-12-18(27-4)10-11-20(19)28-5/h6-12H,13H2,1-5H3,(H2,23,24,29). The highest BCUT2D eigenvalue weighted by Crippen LogP contribution is 2.29. The third-order valence-electron chi connectivity index (χ3n) is 4.86. The number of aryl methyl sites for hydroxylation is 2. The van der Waals surface area contributed by atoms with E-state index in [-0.39, 0.29) is 0 Å². The molecule has 0 atom stereocenters. The van der Waals surface area contributed by atoms with Gasteiger partial charge in [-0.3, -0.25) is 4.68 Å². The van der Waals surface area contributed by atoms with Crippen LogP contribution < -0.4 is 20.1 Å². The number of nitrogens with zero attached hydrogens (tertiary/aromatic N) is 2. The van der Waals surface area contributed by atoms with Crippen LogP contribution in [0.2, 0.25) is 0 Å². The molecule has 0 amide bonds. The first kappa shape index (κ1) is 20.7. The first-order valence-corrected chi connectivity index (χ1v) is 9.72. The maximum atomic E-state index is 5.53. The van der Waals surface area contributed by atoms with Crippen molar-refractivity contribution in [2.45, 2.75) is 27.3 Å². The average Bonchev–Trinajstić information content (AvgIpc) is 2.97. The Hall–Kier alpha value is -3.06. The van der Waals surface area contributed by atoms with Gasteiger partial charge in [-0.05, 0) is 56.2 Å². The quantitative estimate of drug-likeness (QED) is 0.575. The first-order chi connectivity index (χ1) is 13.9. The summed E-state index contributed by atoms with van der Waals surface area (Å²) in [7, 11) is 3.24. The van der Waals surface area contributed by atoms with E-state index < -0.39 is 0 Å². The zero-order chi connectivity index (χ0) is 21.0. The molecule has 0 spiro atoms. The van der Waals surface area contributed by atoms with E-state index in [9.17, 15) is 0 Å². The molecule has 29 heavy (non-hydrogen) atoms. The molecule has 0 aliphatic heterocycles. The predicted molar refractivity (Wildman–Crippen MR) is 121 cm³/mol. The Morgan fingerprint density at radius 3 is 2.48 bits per heavy atom. The van der Waals surface area contributed by atoms with E-state index in [4.69, 9.17) is 21.7 Å². The van der Waals surface area contributed by atoms with Crippen LogP contribution in [-0.2, 0) is 6.54 Å². The lowest BCUT2D eigenvalue weighted by Crippen LogP contribution is -2.20. The molecule has 0 bridgehead atoms. The van der Waals surface area contributed by atoms with E-state index in [1.165, 1.54) is 11.1 Å². The van der Waals surface area contributed by atoms with Gasteiger partial charge in [0.25, 0.3) is 0 Å². The monoisotopic (exact) mass is 410 g/mol. The third kappa shape index (κ3) is 4.68. The van der Waals surface area contributed by atoms with Crippen molar-refractivity contribution >= 4 is 28.7 Å². The van der Waals surface area contributed by atoms with Crippen LogP contribution in [0.1, 0.15) is 22.5 Å². The largest absolute Gasteiger partial charge is 0.497 e. The minimum atomic E-state index is 0.457. The Kier molecular flexibility index (Phi) is 6.39. The number of thiocarbonyl (C=S) groups is 1. The fourth-order valence-electron chi connectivity index (χ4n) is 3.16. The number of ether oxygens (including phenoxy) is 2. The third-order valence-corrected chi connectivity index (χ3v) is 5.06. The maximum Gasteiger partial charge on any atom is 0.175 e. The Labute approximate surface area is 176 Å². The van der Waals surface area contributed by atoms with Crippen molar-refractivity contribution in [1.82, 2.24) is 9.78 Å². The second kappa shape index (κ2) is 8.96. The molecular formula is C22H26N4O2S. The predicted octanol–water partition coefficient (Wildman–Crippen LogP) is 4.68. The van der Waals surface area contributed by atoms with Crippen molar-refractivity contribution in [2.24, 2.45) is 0 Å². The molecular weight excluding hydrogens is 384 g/mol. The van der Waals surface area contributed by atoms with Gasteiger partial charge in [0.15, 0.2) is 5.11 Å². The number of anilines is 2. The maximum absolute atomic E-state index is 5.53. The van der Waals surface area contributed by atoms with Gasteiger partial charge in [0.2, 0.25) is 0 Å². The fraction of sp³-hybridized carbons (Fsp3) is 0.273. The second-order valence-electron chi connectivity index (χ2n) is 6.78. The first-order valence-electron chi connectivity index (χ1n) is 9.31. The summed E-state index contributed by atoms with van der Waals surface area (Å²) in [4.78, 5) is 0. The number of methoxy groups -OCH3 is 2. The summed E-state index contributed by atoms with van der Waals surface area (Å²) in [6, 6.07) is 13.8. The van der Waals surface area contributed by atoms with E-state index in [0.29, 0.717) is 17.4 Å². The van der Waals surface area contributed by atoms with Gasteiger partial charge in [-0.25, -0.2) is 0 Å². The lowest BCUT2D eigenvalue weighted by atomic mass is 10.1. The molecule has 0 radical (unpaired) electrons. The molecule has 1 heterocycles.